The van der Waals surface area contributed by atoms with Gasteiger partial charge < -0.3 is 0 Å². The fourth-order valence-electron chi connectivity index (χ4n) is 7.28. The lowest BCUT2D eigenvalue weighted by atomic mass is 9.78. The molecule has 1 aromatic heterocycles. The lowest BCUT2D eigenvalue weighted by molar-refractivity contribution is 0.708. The molecule has 1 aliphatic rings. The zero-order chi connectivity index (χ0) is 32.0. The van der Waals surface area contributed by atoms with Crippen LogP contribution in [0.15, 0.2) is 151 Å². The van der Waals surface area contributed by atoms with Gasteiger partial charge in [0.05, 0.1) is 17.1 Å². The van der Waals surface area contributed by atoms with Crippen LogP contribution < -0.4 is 0 Å². The minimum Gasteiger partial charge on any atom is -0.251 e. The van der Waals surface area contributed by atoms with Crippen LogP contribution in [0.25, 0.3) is 0 Å². The van der Waals surface area contributed by atoms with Gasteiger partial charge in [-0.25, -0.2) is 0 Å². The quantitative estimate of drug-likeness (QED) is 0.0956. The SMILES string of the molecule is CC(=Nc1c(C(c2ccccc2)c2ccccc2)cc(C)cc1C(c1ccccc1)c1ccccc1)c1ccc2c(n1)CCCCC2. The fraction of sp³-hybridized carbons (Fsp3) is 0.200. The number of aliphatic imine (C=N–C) groups is 1. The second-order valence-corrected chi connectivity index (χ2v) is 12.9. The monoisotopic (exact) mass is 610 g/mol. The first-order valence-electron chi connectivity index (χ1n) is 17.0. The molecule has 0 aliphatic heterocycles. The van der Waals surface area contributed by atoms with Gasteiger partial charge in [-0.15, -0.1) is 0 Å². The summed E-state index contributed by atoms with van der Waals surface area (Å²) in [4.78, 5) is 10.9. The van der Waals surface area contributed by atoms with Gasteiger partial charge in [-0.3, -0.25) is 9.98 Å². The van der Waals surface area contributed by atoms with Crippen LogP contribution in [-0.2, 0) is 12.8 Å². The van der Waals surface area contributed by atoms with Crippen LogP contribution in [0.4, 0.5) is 5.69 Å². The molecule has 0 atom stereocenters. The third-order valence-electron chi connectivity index (χ3n) is 9.55. The summed E-state index contributed by atoms with van der Waals surface area (Å²) in [5.41, 5.74) is 14.3. The van der Waals surface area contributed by atoms with E-state index < -0.39 is 0 Å². The molecule has 6 aromatic rings. The Balaban J connectivity index is 1.51. The lowest BCUT2D eigenvalue weighted by Crippen LogP contribution is -2.11. The van der Waals surface area contributed by atoms with Crippen molar-refractivity contribution in [2.75, 3.05) is 0 Å². The molecule has 0 saturated heterocycles. The highest BCUT2D eigenvalue weighted by molar-refractivity contribution is 5.99. The Kier molecular flexibility index (Phi) is 9.19. The van der Waals surface area contributed by atoms with Crippen molar-refractivity contribution in [3.05, 3.63) is 201 Å². The Morgan fingerprint density at radius 3 is 1.47 bits per heavy atom. The summed E-state index contributed by atoms with van der Waals surface area (Å²) >= 11 is 0. The molecule has 0 saturated carbocycles. The maximum atomic E-state index is 5.64. The Hall–Kier alpha value is -5.08. The number of pyridine rings is 1. The summed E-state index contributed by atoms with van der Waals surface area (Å²) in [5.74, 6) is 0.0182. The van der Waals surface area contributed by atoms with Crippen molar-refractivity contribution in [3.63, 3.8) is 0 Å². The molecular weight excluding hydrogens is 569 g/mol. The van der Waals surface area contributed by atoms with Crippen LogP contribution in [0.1, 0.15) is 93.9 Å². The molecule has 0 bridgehead atoms. The number of rotatable bonds is 8. The zero-order valence-corrected chi connectivity index (χ0v) is 27.4. The topological polar surface area (TPSA) is 25.2 Å². The molecule has 0 amide bonds. The highest BCUT2D eigenvalue weighted by atomic mass is 14.8. The van der Waals surface area contributed by atoms with E-state index >= 15 is 0 Å². The maximum Gasteiger partial charge on any atom is 0.0845 e. The smallest absolute Gasteiger partial charge is 0.0845 e. The molecule has 0 N–H and O–H groups in total. The molecule has 2 nitrogen and oxygen atoms in total. The third kappa shape index (κ3) is 6.74. The van der Waals surface area contributed by atoms with E-state index in [1.807, 2.05) is 0 Å². The summed E-state index contributed by atoms with van der Waals surface area (Å²) in [6, 6.07) is 52.8. The van der Waals surface area contributed by atoms with E-state index in [1.165, 1.54) is 69.5 Å². The predicted octanol–water partition coefficient (Wildman–Crippen LogP) is 11.2. The Morgan fingerprint density at radius 1 is 0.553 bits per heavy atom. The second kappa shape index (κ2) is 14.1. The normalized spacial score (nSPS) is 13.4. The molecule has 2 heteroatoms. The molecule has 0 spiro atoms. The number of nitrogens with zero attached hydrogens (tertiary/aromatic N) is 2. The van der Waals surface area contributed by atoms with Gasteiger partial charge in [0, 0.05) is 17.5 Å². The van der Waals surface area contributed by atoms with Crippen LogP contribution in [0, 0.1) is 6.92 Å². The van der Waals surface area contributed by atoms with E-state index in [4.69, 9.17) is 9.98 Å². The molecule has 1 aliphatic carbocycles. The van der Waals surface area contributed by atoms with Crippen LogP contribution in [0.3, 0.4) is 0 Å². The molecule has 1 heterocycles. The summed E-state index contributed by atoms with van der Waals surface area (Å²) in [6.07, 6.45) is 5.90. The van der Waals surface area contributed by atoms with Crippen molar-refractivity contribution in [1.82, 2.24) is 4.98 Å². The second-order valence-electron chi connectivity index (χ2n) is 12.9. The van der Waals surface area contributed by atoms with E-state index in [0.29, 0.717) is 0 Å². The average molecular weight is 611 g/mol. The van der Waals surface area contributed by atoms with Crippen molar-refractivity contribution in [3.8, 4) is 0 Å². The summed E-state index contributed by atoms with van der Waals surface area (Å²) in [6.45, 7) is 4.36. The van der Waals surface area contributed by atoms with Crippen molar-refractivity contribution < 1.29 is 0 Å². The van der Waals surface area contributed by atoms with Gasteiger partial charge >= 0.3 is 0 Å². The molecule has 0 fully saturated rings. The molecule has 47 heavy (non-hydrogen) atoms. The van der Waals surface area contributed by atoms with Crippen LogP contribution in [-0.4, -0.2) is 10.7 Å². The fourth-order valence-corrected chi connectivity index (χ4v) is 7.28. The van der Waals surface area contributed by atoms with Crippen molar-refractivity contribution >= 4 is 11.4 Å². The highest BCUT2D eigenvalue weighted by Crippen LogP contribution is 2.45. The average Bonchev–Trinajstić information content (AvgIpc) is 3.37. The largest absolute Gasteiger partial charge is 0.251 e. The molecule has 232 valence electrons. The Bertz CT molecular complexity index is 1780. The van der Waals surface area contributed by atoms with E-state index in [1.54, 1.807) is 0 Å². The van der Waals surface area contributed by atoms with Crippen LogP contribution in [0.5, 0.6) is 0 Å². The summed E-state index contributed by atoms with van der Waals surface area (Å²) in [5, 5.41) is 0. The predicted molar refractivity (Wildman–Crippen MR) is 196 cm³/mol. The van der Waals surface area contributed by atoms with Gasteiger partial charge in [-0.2, -0.15) is 0 Å². The molecular formula is C45H42N2. The molecule has 0 unspecified atom stereocenters. The van der Waals surface area contributed by atoms with E-state index in [-0.39, 0.29) is 11.8 Å². The van der Waals surface area contributed by atoms with Gasteiger partial charge in [0.25, 0.3) is 0 Å². The van der Waals surface area contributed by atoms with E-state index in [0.717, 1.165) is 29.9 Å². The molecule has 7 rings (SSSR count). The van der Waals surface area contributed by atoms with Gasteiger partial charge in [-0.05, 0) is 84.5 Å². The maximum absolute atomic E-state index is 5.64. The number of hydrogen-bond donors (Lipinski definition) is 0. The number of fused-ring (bicyclic) bond motifs is 1. The van der Waals surface area contributed by atoms with Crippen LogP contribution >= 0.6 is 0 Å². The summed E-state index contributed by atoms with van der Waals surface area (Å²) < 4.78 is 0. The molecule has 0 radical (unpaired) electrons. The van der Waals surface area contributed by atoms with Gasteiger partial charge in [0.1, 0.15) is 0 Å². The number of hydrogen-bond acceptors (Lipinski definition) is 2. The van der Waals surface area contributed by atoms with E-state index in [2.05, 4.69) is 159 Å². The number of aryl methyl sites for hydroxylation is 3. The minimum atomic E-state index is 0.00908. The Morgan fingerprint density at radius 2 is 1.00 bits per heavy atom. The first-order valence-corrected chi connectivity index (χ1v) is 17.0. The van der Waals surface area contributed by atoms with Crippen molar-refractivity contribution in [1.29, 1.82) is 0 Å². The standard InChI is InChI=1S/C45H42N2/c1-32-30-39(43(35-19-9-3-10-20-35)36-21-11-4-12-22-36)45(46-33(2)41-29-28-34-18-8-7-17-27-42(34)47-41)40(31-32)44(37-23-13-5-14-24-37)38-25-15-6-16-26-38/h3-6,9-16,19-26,28-31,43-44H,7-8,17-18,27H2,1-2H3. The van der Waals surface area contributed by atoms with Crippen molar-refractivity contribution in [2.45, 2.75) is 57.8 Å². The third-order valence-corrected chi connectivity index (χ3v) is 9.55. The number of benzene rings is 5. The lowest BCUT2D eigenvalue weighted by Gasteiger charge is -2.27. The van der Waals surface area contributed by atoms with Gasteiger partial charge in [0.15, 0.2) is 0 Å². The highest BCUT2D eigenvalue weighted by Gasteiger charge is 2.27. The first kappa shape index (κ1) is 30.6. The van der Waals surface area contributed by atoms with Gasteiger partial charge in [-0.1, -0.05) is 152 Å². The molecule has 5 aromatic carbocycles. The van der Waals surface area contributed by atoms with Gasteiger partial charge in [0.2, 0.25) is 0 Å². The van der Waals surface area contributed by atoms with Crippen molar-refractivity contribution in [2.24, 2.45) is 4.99 Å². The number of aromatic nitrogens is 1. The minimum absolute atomic E-state index is 0.00908. The zero-order valence-electron chi connectivity index (χ0n) is 27.4. The van der Waals surface area contributed by atoms with Crippen LogP contribution in [0.2, 0.25) is 0 Å². The first-order chi connectivity index (χ1) is 23.2. The Labute approximate surface area is 279 Å². The summed E-state index contributed by atoms with van der Waals surface area (Å²) in [7, 11) is 0. The van der Waals surface area contributed by atoms with E-state index in [9.17, 15) is 0 Å².